The van der Waals surface area contributed by atoms with Gasteiger partial charge in [-0.25, -0.2) is 0 Å². The van der Waals surface area contributed by atoms with Crippen LogP contribution in [0, 0.1) is 11.3 Å². The maximum atomic E-state index is 8.89. The number of nitriles is 1. The van der Waals surface area contributed by atoms with Crippen molar-refractivity contribution in [1.29, 1.82) is 5.26 Å². The lowest BCUT2D eigenvalue weighted by Crippen LogP contribution is -2.33. The predicted octanol–water partition coefficient (Wildman–Crippen LogP) is 0.216. The van der Waals surface area contributed by atoms with Crippen LogP contribution in [0.15, 0.2) is 0 Å². The van der Waals surface area contributed by atoms with Crippen molar-refractivity contribution in [3.8, 4) is 6.07 Å². The van der Waals surface area contributed by atoms with Crippen LogP contribution in [0.1, 0.15) is 20.3 Å². The molecule has 0 fully saturated rings. The Hall–Kier alpha value is -0.590. The molecule has 3 heteroatoms. The van der Waals surface area contributed by atoms with Crippen molar-refractivity contribution in [2.45, 2.75) is 32.5 Å². The molecule has 0 spiro atoms. The molecule has 0 radical (unpaired) electrons. The lowest BCUT2D eigenvalue weighted by atomic mass is 10.3. The summed E-state index contributed by atoms with van der Waals surface area (Å²) in [5.74, 6) is 0. The fourth-order valence-electron chi connectivity index (χ4n) is 0.530. The molecule has 3 nitrogen and oxygen atoms in total. The van der Waals surface area contributed by atoms with Gasteiger partial charge < -0.3 is 5.11 Å². The molecule has 0 aromatic heterocycles. The first-order valence-corrected chi connectivity index (χ1v) is 2.98. The topological polar surface area (TPSA) is 56.0 Å². The average Bonchev–Trinajstić information content (AvgIpc) is 1.63. The average molecular weight is 128 g/mol. The monoisotopic (exact) mass is 128 g/mol. The quantitative estimate of drug-likeness (QED) is 0.534. The highest BCUT2D eigenvalue weighted by molar-refractivity contribution is 4.74. The summed E-state index contributed by atoms with van der Waals surface area (Å²) in [7, 11) is 0. The molecule has 0 aromatic carbocycles. The van der Waals surface area contributed by atoms with Crippen LogP contribution in [0.3, 0.4) is 0 Å². The van der Waals surface area contributed by atoms with E-state index in [1.165, 1.54) is 0 Å². The third-order valence-corrected chi connectivity index (χ3v) is 0.810. The van der Waals surface area contributed by atoms with Crippen molar-refractivity contribution in [3.05, 3.63) is 0 Å². The predicted molar refractivity (Wildman–Crippen MR) is 34.5 cm³/mol. The zero-order valence-electron chi connectivity index (χ0n) is 5.76. The molecule has 0 saturated heterocycles. The van der Waals surface area contributed by atoms with Gasteiger partial charge >= 0.3 is 0 Å². The van der Waals surface area contributed by atoms with E-state index in [2.05, 4.69) is 5.32 Å². The van der Waals surface area contributed by atoms with E-state index < -0.39 is 6.23 Å². The highest BCUT2D eigenvalue weighted by atomic mass is 16.3. The zero-order valence-corrected chi connectivity index (χ0v) is 5.76. The molecule has 1 unspecified atom stereocenters. The van der Waals surface area contributed by atoms with Gasteiger partial charge in [0.05, 0.1) is 12.5 Å². The van der Waals surface area contributed by atoms with E-state index in [-0.39, 0.29) is 12.5 Å². The van der Waals surface area contributed by atoms with E-state index in [0.717, 1.165) is 0 Å². The fourth-order valence-corrected chi connectivity index (χ4v) is 0.530. The SMILES string of the molecule is CC(C)NC(O)CC#N. The Bertz CT molecular complexity index is 106. The van der Waals surface area contributed by atoms with Gasteiger partial charge in [-0.3, -0.25) is 5.32 Å². The van der Waals surface area contributed by atoms with E-state index >= 15 is 0 Å². The number of nitrogens with one attached hydrogen (secondary N) is 1. The second-order valence-electron chi connectivity index (χ2n) is 2.20. The first-order chi connectivity index (χ1) is 4.16. The first-order valence-electron chi connectivity index (χ1n) is 2.98. The smallest absolute Gasteiger partial charge is 0.118 e. The summed E-state index contributed by atoms with van der Waals surface area (Å²) >= 11 is 0. The molecular weight excluding hydrogens is 116 g/mol. The fraction of sp³-hybridized carbons (Fsp3) is 0.833. The Balaban J connectivity index is 3.29. The standard InChI is InChI=1S/C6H12N2O/c1-5(2)8-6(9)3-4-7/h5-6,8-9H,3H2,1-2H3. The summed E-state index contributed by atoms with van der Waals surface area (Å²) < 4.78 is 0. The van der Waals surface area contributed by atoms with Gasteiger partial charge in [0.25, 0.3) is 0 Å². The van der Waals surface area contributed by atoms with Crippen LogP contribution < -0.4 is 5.32 Å². The number of rotatable bonds is 3. The Kier molecular flexibility index (Phi) is 4.02. The molecule has 2 N–H and O–H groups in total. The lowest BCUT2D eigenvalue weighted by Gasteiger charge is -2.11. The van der Waals surface area contributed by atoms with E-state index in [0.29, 0.717) is 0 Å². The highest BCUT2D eigenvalue weighted by Crippen LogP contribution is 1.86. The normalized spacial score (nSPS) is 13.2. The molecule has 0 aliphatic heterocycles. The Labute approximate surface area is 55.3 Å². The van der Waals surface area contributed by atoms with Crippen molar-refractivity contribution in [2.75, 3.05) is 0 Å². The molecular formula is C6H12N2O. The van der Waals surface area contributed by atoms with Gasteiger partial charge in [-0.2, -0.15) is 5.26 Å². The maximum absolute atomic E-state index is 8.89. The number of nitrogens with zero attached hydrogens (tertiary/aromatic N) is 1. The van der Waals surface area contributed by atoms with E-state index in [1.54, 1.807) is 0 Å². The van der Waals surface area contributed by atoms with Gasteiger partial charge in [0.2, 0.25) is 0 Å². The zero-order chi connectivity index (χ0) is 7.28. The third kappa shape index (κ3) is 5.28. The molecule has 0 aliphatic carbocycles. The second-order valence-corrected chi connectivity index (χ2v) is 2.20. The lowest BCUT2D eigenvalue weighted by molar-refractivity contribution is 0.132. The maximum Gasteiger partial charge on any atom is 0.118 e. The van der Waals surface area contributed by atoms with Crippen molar-refractivity contribution in [1.82, 2.24) is 5.32 Å². The van der Waals surface area contributed by atoms with E-state index in [1.807, 2.05) is 19.9 Å². The van der Waals surface area contributed by atoms with Gasteiger partial charge in [0.1, 0.15) is 6.23 Å². The van der Waals surface area contributed by atoms with Gasteiger partial charge in [0, 0.05) is 6.04 Å². The molecule has 0 aliphatic rings. The summed E-state index contributed by atoms with van der Waals surface area (Å²) in [4.78, 5) is 0. The summed E-state index contributed by atoms with van der Waals surface area (Å²) in [5.41, 5.74) is 0. The molecule has 52 valence electrons. The number of aliphatic hydroxyl groups is 1. The molecule has 9 heavy (non-hydrogen) atoms. The molecule has 0 heterocycles. The minimum Gasteiger partial charge on any atom is -0.378 e. The summed E-state index contributed by atoms with van der Waals surface area (Å²) in [6.45, 7) is 3.83. The Morgan fingerprint density at radius 2 is 2.22 bits per heavy atom. The summed E-state index contributed by atoms with van der Waals surface area (Å²) in [6, 6.07) is 2.09. The van der Waals surface area contributed by atoms with Gasteiger partial charge in [-0.05, 0) is 13.8 Å². The van der Waals surface area contributed by atoms with Crippen molar-refractivity contribution >= 4 is 0 Å². The van der Waals surface area contributed by atoms with Crippen LogP contribution >= 0.6 is 0 Å². The van der Waals surface area contributed by atoms with Crippen molar-refractivity contribution in [2.24, 2.45) is 0 Å². The molecule has 1 atom stereocenters. The molecule has 0 amide bonds. The number of hydrogen-bond donors (Lipinski definition) is 2. The first kappa shape index (κ1) is 8.41. The summed E-state index contributed by atoms with van der Waals surface area (Å²) in [6.07, 6.45) is -0.520. The third-order valence-electron chi connectivity index (χ3n) is 0.810. The van der Waals surface area contributed by atoms with Crippen LogP contribution in [0.25, 0.3) is 0 Å². The Morgan fingerprint density at radius 1 is 1.67 bits per heavy atom. The van der Waals surface area contributed by atoms with Crippen LogP contribution in [0.2, 0.25) is 0 Å². The number of hydrogen-bond acceptors (Lipinski definition) is 3. The molecule has 0 aromatic rings. The second kappa shape index (κ2) is 4.30. The van der Waals surface area contributed by atoms with Gasteiger partial charge in [-0.15, -0.1) is 0 Å². The number of aliphatic hydroxyl groups excluding tert-OH is 1. The van der Waals surface area contributed by atoms with Crippen LogP contribution in [0.5, 0.6) is 0 Å². The molecule has 0 rings (SSSR count). The van der Waals surface area contributed by atoms with E-state index in [9.17, 15) is 0 Å². The van der Waals surface area contributed by atoms with Crippen molar-refractivity contribution in [3.63, 3.8) is 0 Å². The molecule has 0 bridgehead atoms. The minimum atomic E-state index is -0.671. The minimum absolute atomic E-state index is 0.151. The van der Waals surface area contributed by atoms with Crippen LogP contribution in [-0.2, 0) is 0 Å². The highest BCUT2D eigenvalue weighted by Gasteiger charge is 2.01. The largest absolute Gasteiger partial charge is 0.378 e. The van der Waals surface area contributed by atoms with Gasteiger partial charge in [-0.1, -0.05) is 0 Å². The molecule has 0 saturated carbocycles. The van der Waals surface area contributed by atoms with Gasteiger partial charge in [0.15, 0.2) is 0 Å². The Morgan fingerprint density at radius 3 is 2.56 bits per heavy atom. The van der Waals surface area contributed by atoms with E-state index in [4.69, 9.17) is 10.4 Å². The van der Waals surface area contributed by atoms with Crippen molar-refractivity contribution < 1.29 is 5.11 Å². The van der Waals surface area contributed by atoms with Crippen LogP contribution in [0.4, 0.5) is 0 Å². The summed E-state index contributed by atoms with van der Waals surface area (Å²) in [5, 5.41) is 19.8. The van der Waals surface area contributed by atoms with Crippen LogP contribution in [-0.4, -0.2) is 17.4 Å².